The first-order chi connectivity index (χ1) is 9.38. The van der Waals surface area contributed by atoms with Gasteiger partial charge in [-0.05, 0) is 32.2 Å². The van der Waals surface area contributed by atoms with Gasteiger partial charge in [-0.15, -0.1) is 0 Å². The molecule has 2 heterocycles. The molecule has 1 aliphatic rings. The fraction of sp³-hybridized carbons (Fsp3) is 0.538. The maximum atomic E-state index is 4.64. The second-order valence-corrected chi connectivity index (χ2v) is 4.85. The van der Waals surface area contributed by atoms with Gasteiger partial charge >= 0.3 is 0 Å². The van der Waals surface area contributed by atoms with E-state index in [1.165, 1.54) is 18.4 Å². The van der Waals surface area contributed by atoms with Crippen molar-refractivity contribution in [3.05, 3.63) is 23.7 Å². The first-order valence-corrected chi connectivity index (χ1v) is 6.84. The summed E-state index contributed by atoms with van der Waals surface area (Å²) in [4.78, 5) is 9.06. The SMILES string of the molecule is CCCNC1CCCc2nc(-c3cn[nH]n3)ncc21. The minimum absolute atomic E-state index is 0.398. The van der Waals surface area contributed by atoms with E-state index >= 15 is 0 Å². The van der Waals surface area contributed by atoms with Crippen LogP contribution < -0.4 is 5.32 Å². The average molecular weight is 258 g/mol. The minimum atomic E-state index is 0.398. The van der Waals surface area contributed by atoms with Gasteiger partial charge in [-0.25, -0.2) is 9.97 Å². The quantitative estimate of drug-likeness (QED) is 0.871. The number of hydrogen-bond acceptors (Lipinski definition) is 5. The predicted octanol–water partition coefficient (Wildman–Crippen LogP) is 1.64. The Balaban J connectivity index is 1.88. The van der Waals surface area contributed by atoms with Crippen LogP contribution in [0.4, 0.5) is 0 Å². The molecule has 0 saturated carbocycles. The lowest BCUT2D eigenvalue weighted by Crippen LogP contribution is -2.26. The van der Waals surface area contributed by atoms with Gasteiger partial charge < -0.3 is 5.32 Å². The predicted molar refractivity (Wildman–Crippen MR) is 71.4 cm³/mol. The van der Waals surface area contributed by atoms with Crippen molar-refractivity contribution in [3.8, 4) is 11.5 Å². The van der Waals surface area contributed by atoms with Crippen LogP contribution in [0.1, 0.15) is 43.5 Å². The summed E-state index contributed by atoms with van der Waals surface area (Å²) in [5.41, 5.74) is 3.09. The zero-order chi connectivity index (χ0) is 13.1. The number of H-pyrrole nitrogens is 1. The summed E-state index contributed by atoms with van der Waals surface area (Å²) in [6, 6.07) is 0.398. The van der Waals surface area contributed by atoms with Gasteiger partial charge in [-0.2, -0.15) is 15.4 Å². The smallest absolute Gasteiger partial charge is 0.181 e. The monoisotopic (exact) mass is 258 g/mol. The van der Waals surface area contributed by atoms with Gasteiger partial charge in [0.05, 0.1) is 6.20 Å². The van der Waals surface area contributed by atoms with Crippen molar-refractivity contribution in [2.45, 2.75) is 38.6 Å². The molecule has 2 N–H and O–H groups in total. The molecule has 6 heteroatoms. The highest BCUT2D eigenvalue weighted by Crippen LogP contribution is 2.28. The maximum absolute atomic E-state index is 4.64. The third-order valence-corrected chi connectivity index (χ3v) is 3.47. The van der Waals surface area contributed by atoms with Crippen molar-refractivity contribution in [2.24, 2.45) is 0 Å². The van der Waals surface area contributed by atoms with E-state index in [9.17, 15) is 0 Å². The van der Waals surface area contributed by atoms with Gasteiger partial charge in [0.2, 0.25) is 0 Å². The van der Waals surface area contributed by atoms with Crippen LogP contribution in [-0.2, 0) is 6.42 Å². The van der Waals surface area contributed by atoms with Crippen LogP contribution in [0.2, 0.25) is 0 Å². The molecule has 1 atom stereocenters. The van der Waals surface area contributed by atoms with E-state index in [2.05, 4.69) is 37.6 Å². The van der Waals surface area contributed by atoms with Gasteiger partial charge in [0.1, 0.15) is 5.69 Å². The second kappa shape index (κ2) is 5.44. The molecular formula is C13H18N6. The fourth-order valence-electron chi connectivity index (χ4n) is 2.51. The van der Waals surface area contributed by atoms with Gasteiger partial charge in [-0.3, -0.25) is 0 Å². The Morgan fingerprint density at radius 2 is 2.37 bits per heavy atom. The Kier molecular flexibility index (Phi) is 3.50. The molecule has 2 aromatic rings. The number of hydrogen-bond donors (Lipinski definition) is 2. The van der Waals surface area contributed by atoms with Crippen LogP contribution in [0, 0.1) is 0 Å². The Morgan fingerprint density at radius 1 is 1.42 bits per heavy atom. The molecule has 0 bridgehead atoms. The lowest BCUT2D eigenvalue weighted by atomic mass is 9.92. The van der Waals surface area contributed by atoms with Crippen LogP contribution in [-0.4, -0.2) is 31.9 Å². The van der Waals surface area contributed by atoms with Gasteiger partial charge in [0.15, 0.2) is 5.82 Å². The molecule has 1 aliphatic carbocycles. The molecule has 0 spiro atoms. The lowest BCUT2D eigenvalue weighted by Gasteiger charge is -2.25. The summed E-state index contributed by atoms with van der Waals surface area (Å²) in [7, 11) is 0. The van der Waals surface area contributed by atoms with Gasteiger partial charge in [0, 0.05) is 23.5 Å². The summed E-state index contributed by atoms with van der Waals surface area (Å²) in [5.74, 6) is 0.656. The zero-order valence-electron chi connectivity index (χ0n) is 11.1. The first kappa shape index (κ1) is 12.2. The Labute approximate surface area is 112 Å². The number of aryl methyl sites for hydroxylation is 1. The molecule has 6 nitrogen and oxygen atoms in total. The summed E-state index contributed by atoms with van der Waals surface area (Å²) >= 11 is 0. The number of rotatable bonds is 4. The highest BCUT2D eigenvalue weighted by atomic mass is 15.3. The van der Waals surface area contributed by atoms with E-state index in [0.717, 1.165) is 25.1 Å². The van der Waals surface area contributed by atoms with E-state index in [0.29, 0.717) is 17.6 Å². The summed E-state index contributed by atoms with van der Waals surface area (Å²) in [6.07, 6.45) is 8.09. The molecule has 0 saturated heterocycles. The molecule has 0 fully saturated rings. The topological polar surface area (TPSA) is 79.4 Å². The van der Waals surface area contributed by atoms with Crippen molar-refractivity contribution in [1.29, 1.82) is 0 Å². The van der Waals surface area contributed by atoms with Crippen LogP contribution in [0.3, 0.4) is 0 Å². The number of aromatic nitrogens is 5. The van der Waals surface area contributed by atoms with Crippen LogP contribution in [0.25, 0.3) is 11.5 Å². The number of nitrogens with zero attached hydrogens (tertiary/aromatic N) is 4. The van der Waals surface area contributed by atoms with Crippen molar-refractivity contribution in [1.82, 2.24) is 30.7 Å². The number of fused-ring (bicyclic) bond motifs is 1. The molecule has 1 unspecified atom stereocenters. The average Bonchev–Trinajstić information content (AvgIpc) is 2.98. The molecule has 0 aromatic carbocycles. The van der Waals surface area contributed by atoms with Crippen molar-refractivity contribution in [3.63, 3.8) is 0 Å². The zero-order valence-corrected chi connectivity index (χ0v) is 11.1. The fourth-order valence-corrected chi connectivity index (χ4v) is 2.51. The van der Waals surface area contributed by atoms with E-state index in [1.807, 2.05) is 6.20 Å². The first-order valence-electron chi connectivity index (χ1n) is 6.84. The standard InChI is InChI=1S/C13H18N6/c1-2-6-14-10-4-3-5-11-9(10)7-15-13(17-11)12-8-16-19-18-12/h7-8,10,14H,2-6H2,1H3,(H,16,18,19). The summed E-state index contributed by atoms with van der Waals surface area (Å²) < 4.78 is 0. The van der Waals surface area contributed by atoms with Crippen molar-refractivity contribution < 1.29 is 0 Å². The van der Waals surface area contributed by atoms with Crippen LogP contribution in [0.5, 0.6) is 0 Å². The molecule has 0 aliphatic heterocycles. The Morgan fingerprint density at radius 3 is 3.16 bits per heavy atom. The number of aromatic amines is 1. The Hall–Kier alpha value is -1.82. The van der Waals surface area contributed by atoms with Gasteiger partial charge in [0.25, 0.3) is 0 Å². The maximum Gasteiger partial charge on any atom is 0.181 e. The highest BCUT2D eigenvalue weighted by Gasteiger charge is 2.22. The highest BCUT2D eigenvalue weighted by molar-refractivity contribution is 5.47. The van der Waals surface area contributed by atoms with E-state index in [1.54, 1.807) is 6.20 Å². The normalized spacial score (nSPS) is 18.3. The third-order valence-electron chi connectivity index (χ3n) is 3.47. The van der Waals surface area contributed by atoms with Gasteiger partial charge in [-0.1, -0.05) is 6.92 Å². The molecule has 0 radical (unpaired) electrons. The molecule has 100 valence electrons. The molecule has 19 heavy (non-hydrogen) atoms. The summed E-state index contributed by atoms with van der Waals surface area (Å²) in [5, 5.41) is 14.0. The summed E-state index contributed by atoms with van der Waals surface area (Å²) in [6.45, 7) is 3.22. The largest absolute Gasteiger partial charge is 0.310 e. The molecular weight excluding hydrogens is 240 g/mol. The van der Waals surface area contributed by atoms with E-state index in [-0.39, 0.29) is 0 Å². The lowest BCUT2D eigenvalue weighted by molar-refractivity contribution is 0.453. The second-order valence-electron chi connectivity index (χ2n) is 4.85. The molecule has 0 amide bonds. The molecule has 3 rings (SSSR count). The van der Waals surface area contributed by atoms with E-state index in [4.69, 9.17) is 0 Å². The number of nitrogens with one attached hydrogen (secondary N) is 2. The van der Waals surface area contributed by atoms with Crippen molar-refractivity contribution in [2.75, 3.05) is 6.54 Å². The van der Waals surface area contributed by atoms with Crippen LogP contribution in [0.15, 0.2) is 12.4 Å². The van der Waals surface area contributed by atoms with Crippen LogP contribution >= 0.6 is 0 Å². The third kappa shape index (κ3) is 2.49. The Bertz CT molecular complexity index is 536. The van der Waals surface area contributed by atoms with Crippen molar-refractivity contribution >= 4 is 0 Å². The molecule has 2 aromatic heterocycles. The minimum Gasteiger partial charge on any atom is -0.310 e. The van der Waals surface area contributed by atoms with E-state index < -0.39 is 0 Å².